The summed E-state index contributed by atoms with van der Waals surface area (Å²) in [5, 5.41) is 11.3. The molecule has 2 aliphatic heterocycles. The number of phenolic OH excluding ortho intramolecular Hbond substituents is 1. The fraction of sp³-hybridized carbons (Fsp3) is 0.130. The van der Waals surface area contributed by atoms with Crippen LogP contribution in [0.5, 0.6) is 5.75 Å². The highest BCUT2D eigenvalue weighted by molar-refractivity contribution is 9.10. The summed E-state index contributed by atoms with van der Waals surface area (Å²) >= 11 is 3.37. The maximum absolute atomic E-state index is 13.4. The van der Waals surface area contributed by atoms with Gasteiger partial charge in [-0.1, -0.05) is 46.3 Å². The highest BCUT2D eigenvalue weighted by atomic mass is 79.9. The van der Waals surface area contributed by atoms with E-state index < -0.39 is 18.1 Å². The maximum Gasteiger partial charge on any atom is 0.266 e. The number of phenols is 1. The van der Waals surface area contributed by atoms with Crippen LogP contribution in [0.15, 0.2) is 83.3 Å². The molecule has 7 heteroatoms. The van der Waals surface area contributed by atoms with Crippen LogP contribution in [-0.2, 0) is 14.4 Å². The molecule has 0 radical (unpaired) electrons. The number of imide groups is 1. The second-order valence-electron chi connectivity index (χ2n) is 7.24. The summed E-state index contributed by atoms with van der Waals surface area (Å²) < 4.78 is 0.860. The molecule has 0 aliphatic carbocycles. The molecule has 5 rings (SSSR count). The molecule has 2 saturated heterocycles. The molecule has 2 heterocycles. The van der Waals surface area contributed by atoms with Crippen molar-refractivity contribution < 1.29 is 19.5 Å². The number of fused-ring (bicyclic) bond motifs is 1. The SMILES string of the molecule is O=C1C2ON(c3ccccc3)C(c3ccc(O)cc3)C2C(=O)N1c1ccc(Br)cc1. The molecule has 6 nitrogen and oxygen atoms in total. The van der Waals surface area contributed by atoms with Crippen LogP contribution >= 0.6 is 15.9 Å². The molecule has 30 heavy (non-hydrogen) atoms. The predicted octanol–water partition coefficient (Wildman–Crippen LogP) is 4.21. The summed E-state index contributed by atoms with van der Waals surface area (Å²) in [6.07, 6.45) is -0.917. The lowest BCUT2D eigenvalue weighted by atomic mass is 9.90. The number of para-hydroxylation sites is 1. The van der Waals surface area contributed by atoms with Crippen LogP contribution in [0.3, 0.4) is 0 Å². The Morgan fingerprint density at radius 1 is 0.800 bits per heavy atom. The van der Waals surface area contributed by atoms with E-state index in [1.807, 2.05) is 30.3 Å². The third-order valence-electron chi connectivity index (χ3n) is 5.45. The van der Waals surface area contributed by atoms with Crippen molar-refractivity contribution in [3.05, 3.63) is 88.9 Å². The van der Waals surface area contributed by atoms with Gasteiger partial charge in [-0.25, -0.2) is 9.96 Å². The zero-order chi connectivity index (χ0) is 20.8. The maximum atomic E-state index is 13.4. The van der Waals surface area contributed by atoms with Gasteiger partial charge in [-0.2, -0.15) is 0 Å². The number of hydrogen-bond acceptors (Lipinski definition) is 5. The van der Waals surface area contributed by atoms with E-state index >= 15 is 0 Å². The molecular weight excluding hydrogens is 448 g/mol. The molecule has 3 unspecified atom stereocenters. The number of nitrogens with zero attached hydrogens (tertiary/aromatic N) is 2. The first-order chi connectivity index (χ1) is 14.5. The molecule has 3 aromatic carbocycles. The van der Waals surface area contributed by atoms with Crippen molar-refractivity contribution in [2.75, 3.05) is 9.96 Å². The minimum atomic E-state index is -0.917. The zero-order valence-corrected chi connectivity index (χ0v) is 17.3. The molecule has 2 aliphatic rings. The van der Waals surface area contributed by atoms with Crippen molar-refractivity contribution in [2.45, 2.75) is 12.1 Å². The normalized spacial score (nSPS) is 23.2. The minimum absolute atomic E-state index is 0.130. The quantitative estimate of drug-likeness (QED) is 0.588. The highest BCUT2D eigenvalue weighted by Gasteiger charge is 2.60. The van der Waals surface area contributed by atoms with Crippen molar-refractivity contribution in [3.8, 4) is 5.75 Å². The molecule has 0 saturated carbocycles. The van der Waals surface area contributed by atoms with Gasteiger partial charge in [0.2, 0.25) is 5.91 Å². The van der Waals surface area contributed by atoms with E-state index in [4.69, 9.17) is 4.84 Å². The number of carbonyl (C=O) groups excluding carboxylic acids is 2. The fourth-order valence-electron chi connectivity index (χ4n) is 4.07. The van der Waals surface area contributed by atoms with E-state index in [1.54, 1.807) is 53.6 Å². The number of benzene rings is 3. The molecule has 2 fully saturated rings. The number of amides is 2. The Balaban J connectivity index is 1.58. The number of hydrogen-bond donors (Lipinski definition) is 1. The van der Waals surface area contributed by atoms with E-state index in [2.05, 4.69) is 15.9 Å². The fourth-order valence-corrected chi connectivity index (χ4v) is 4.33. The number of anilines is 2. The van der Waals surface area contributed by atoms with Gasteiger partial charge in [0.05, 0.1) is 17.4 Å². The van der Waals surface area contributed by atoms with Gasteiger partial charge in [0.15, 0.2) is 6.10 Å². The molecule has 0 aromatic heterocycles. The van der Waals surface area contributed by atoms with Crippen molar-refractivity contribution in [3.63, 3.8) is 0 Å². The standard InChI is InChI=1S/C23H17BrN2O4/c24-15-8-10-16(11-9-15)25-22(28)19-20(14-6-12-18(27)13-7-14)26(30-21(19)23(25)29)17-4-2-1-3-5-17/h1-13,19-21,27H. The van der Waals surface area contributed by atoms with Crippen molar-refractivity contribution >= 4 is 39.1 Å². The second kappa shape index (κ2) is 7.27. The number of hydroxylamine groups is 1. The molecule has 1 N–H and O–H groups in total. The molecule has 0 spiro atoms. The van der Waals surface area contributed by atoms with Crippen molar-refractivity contribution in [1.29, 1.82) is 0 Å². The Hall–Kier alpha value is -3.16. The van der Waals surface area contributed by atoms with Crippen LogP contribution in [0, 0.1) is 5.92 Å². The van der Waals surface area contributed by atoms with Crippen LogP contribution in [0.2, 0.25) is 0 Å². The number of aromatic hydroxyl groups is 1. The summed E-state index contributed by atoms with van der Waals surface area (Å²) in [7, 11) is 0. The van der Waals surface area contributed by atoms with Crippen molar-refractivity contribution in [2.24, 2.45) is 5.92 Å². The Morgan fingerprint density at radius 3 is 2.13 bits per heavy atom. The van der Waals surface area contributed by atoms with Gasteiger partial charge in [0.1, 0.15) is 11.7 Å². The lowest BCUT2D eigenvalue weighted by Gasteiger charge is -2.28. The van der Waals surface area contributed by atoms with Crippen LogP contribution in [0.4, 0.5) is 11.4 Å². The van der Waals surface area contributed by atoms with E-state index in [9.17, 15) is 14.7 Å². The smallest absolute Gasteiger partial charge is 0.266 e. The Morgan fingerprint density at radius 2 is 1.47 bits per heavy atom. The largest absolute Gasteiger partial charge is 0.508 e. The topological polar surface area (TPSA) is 70.1 Å². The molecule has 3 aromatic rings. The monoisotopic (exact) mass is 464 g/mol. The summed E-state index contributed by atoms with van der Waals surface area (Å²) in [5.74, 6) is -1.25. The summed E-state index contributed by atoms with van der Waals surface area (Å²) in [4.78, 5) is 33.9. The minimum Gasteiger partial charge on any atom is -0.508 e. The van der Waals surface area contributed by atoms with E-state index in [0.717, 1.165) is 15.7 Å². The van der Waals surface area contributed by atoms with Crippen LogP contribution in [0.25, 0.3) is 0 Å². The average molecular weight is 465 g/mol. The summed E-state index contributed by atoms with van der Waals surface area (Å²) in [5.41, 5.74) is 2.05. The zero-order valence-electron chi connectivity index (χ0n) is 15.7. The van der Waals surface area contributed by atoms with Crippen LogP contribution in [0.1, 0.15) is 11.6 Å². The highest BCUT2D eigenvalue weighted by Crippen LogP contribution is 2.47. The number of rotatable bonds is 3. The van der Waals surface area contributed by atoms with Gasteiger partial charge in [-0.3, -0.25) is 14.4 Å². The molecule has 0 bridgehead atoms. The van der Waals surface area contributed by atoms with Crippen molar-refractivity contribution in [1.82, 2.24) is 0 Å². The summed E-state index contributed by atoms with van der Waals surface area (Å²) in [6, 6.07) is 22.6. The Labute approximate surface area is 181 Å². The number of halogens is 1. The third kappa shape index (κ3) is 2.98. The van der Waals surface area contributed by atoms with Gasteiger partial charge in [-0.05, 0) is 54.1 Å². The molecule has 150 valence electrons. The first kappa shape index (κ1) is 18.8. The predicted molar refractivity (Wildman–Crippen MR) is 115 cm³/mol. The van der Waals surface area contributed by atoms with Crippen LogP contribution < -0.4 is 9.96 Å². The summed E-state index contributed by atoms with van der Waals surface area (Å²) in [6.45, 7) is 0. The van der Waals surface area contributed by atoms with Gasteiger partial charge in [-0.15, -0.1) is 0 Å². The lowest BCUT2D eigenvalue weighted by Crippen LogP contribution is -2.37. The lowest BCUT2D eigenvalue weighted by molar-refractivity contribution is -0.126. The molecule has 3 atom stereocenters. The van der Waals surface area contributed by atoms with Gasteiger partial charge in [0, 0.05) is 4.47 Å². The number of carbonyl (C=O) groups is 2. The van der Waals surface area contributed by atoms with Crippen LogP contribution in [-0.4, -0.2) is 23.0 Å². The van der Waals surface area contributed by atoms with Gasteiger partial charge >= 0.3 is 0 Å². The van der Waals surface area contributed by atoms with E-state index in [0.29, 0.717) is 5.69 Å². The Bertz CT molecular complexity index is 1100. The van der Waals surface area contributed by atoms with E-state index in [1.165, 1.54) is 4.90 Å². The van der Waals surface area contributed by atoms with E-state index in [-0.39, 0.29) is 17.6 Å². The molecular formula is C23H17BrN2O4. The van der Waals surface area contributed by atoms with Gasteiger partial charge < -0.3 is 5.11 Å². The van der Waals surface area contributed by atoms with Gasteiger partial charge in [0.25, 0.3) is 5.91 Å². The second-order valence-corrected chi connectivity index (χ2v) is 8.15. The Kier molecular flexibility index (Phi) is 4.56. The third-order valence-corrected chi connectivity index (χ3v) is 5.97. The molecule has 2 amide bonds. The average Bonchev–Trinajstić information content (AvgIpc) is 3.27. The first-order valence-corrected chi connectivity index (χ1v) is 10.3. The first-order valence-electron chi connectivity index (χ1n) is 9.48.